The molecule has 8 nitrogen and oxygen atoms in total. The summed E-state index contributed by atoms with van der Waals surface area (Å²) in [5.41, 5.74) is 0. The van der Waals surface area contributed by atoms with Crippen LogP contribution < -0.4 is 0 Å². The average molecular weight is 200 g/mol. The van der Waals surface area contributed by atoms with Gasteiger partial charge < -0.3 is 36.6 Å². The zero-order valence-corrected chi connectivity index (χ0v) is 5.09. The van der Waals surface area contributed by atoms with Crippen molar-refractivity contribution in [2.75, 3.05) is 0 Å². The zero-order chi connectivity index (χ0) is 4.50. The van der Waals surface area contributed by atoms with Gasteiger partial charge in [0.2, 0.25) is 0 Å². The molecule has 0 saturated carbocycles. The summed E-state index contributed by atoms with van der Waals surface area (Å²) in [6, 6.07) is 0. The molecule has 0 rings (SSSR count). The van der Waals surface area contributed by atoms with Crippen molar-refractivity contribution in [3.05, 3.63) is 0 Å². The highest BCUT2D eigenvalue weighted by atomic mass is 31.2. The standard InChI is InChI=1S/Al.H3O4P.4H2O.3H/c;1-5(2,3)4;;;;;;;/h;(H3,1,2,3,4);4*1H2;;;. The second-order valence-corrected chi connectivity index (χ2v) is 1.54. The Morgan fingerprint density at radius 2 is 0.800 bits per heavy atom. The van der Waals surface area contributed by atoms with Gasteiger partial charge in [0.15, 0.2) is 17.4 Å². The summed E-state index contributed by atoms with van der Waals surface area (Å²) in [7, 11) is -4.64. The van der Waals surface area contributed by atoms with Gasteiger partial charge in [-0.15, -0.1) is 0 Å². The topological polar surface area (TPSA) is 204 Å². The van der Waals surface area contributed by atoms with Crippen LogP contribution >= 0.6 is 7.82 Å². The van der Waals surface area contributed by atoms with Gasteiger partial charge in [-0.3, -0.25) is 0 Å². The largest absolute Gasteiger partial charge is 0.466 e. The molecule has 0 aliphatic rings. The summed E-state index contributed by atoms with van der Waals surface area (Å²) in [6.07, 6.45) is 0. The Bertz CT molecular complexity index is 55.4. The van der Waals surface area contributed by atoms with Gasteiger partial charge in [0.1, 0.15) is 0 Å². The fourth-order valence-corrected chi connectivity index (χ4v) is 0. The third-order valence-corrected chi connectivity index (χ3v) is 0. The molecule has 0 aliphatic heterocycles. The van der Waals surface area contributed by atoms with E-state index in [1.54, 1.807) is 0 Å². The molecule has 70 valence electrons. The molecule has 0 fully saturated rings. The highest BCUT2D eigenvalue weighted by Crippen LogP contribution is 2.25. The maximum Gasteiger partial charge on any atom is 0.466 e. The van der Waals surface area contributed by atoms with Crippen molar-refractivity contribution < 1.29 is 41.2 Å². The molecular formula is H14AlO8P. The summed E-state index contributed by atoms with van der Waals surface area (Å²) >= 11 is 0. The monoisotopic (exact) mass is 200 g/mol. The van der Waals surface area contributed by atoms with Gasteiger partial charge in [0.25, 0.3) is 0 Å². The molecule has 10 heteroatoms. The van der Waals surface area contributed by atoms with Crippen LogP contribution in [0.3, 0.4) is 0 Å². The predicted octanol–water partition coefficient (Wildman–Crippen LogP) is -5.41. The quantitative estimate of drug-likeness (QED) is 0.258. The third kappa shape index (κ3) is 2040. The lowest BCUT2D eigenvalue weighted by molar-refractivity contribution is 0.275. The van der Waals surface area contributed by atoms with Crippen LogP contribution in [0.4, 0.5) is 0 Å². The highest BCUT2D eigenvalue weighted by Gasteiger charge is 2.00. The summed E-state index contributed by atoms with van der Waals surface area (Å²) in [6.45, 7) is 0. The Morgan fingerprint density at radius 3 is 0.800 bits per heavy atom. The van der Waals surface area contributed by atoms with E-state index in [4.69, 9.17) is 19.2 Å². The highest BCUT2D eigenvalue weighted by molar-refractivity contribution is 7.45. The normalized spacial score (nSPS) is 5.90. The van der Waals surface area contributed by atoms with Crippen LogP contribution in [0.25, 0.3) is 0 Å². The van der Waals surface area contributed by atoms with E-state index in [0.29, 0.717) is 0 Å². The zero-order valence-electron chi connectivity index (χ0n) is 4.20. The summed E-state index contributed by atoms with van der Waals surface area (Å²) in [5, 5.41) is 0. The molecule has 0 unspecified atom stereocenters. The number of hydrogen-bond acceptors (Lipinski definition) is 1. The maximum absolute atomic E-state index is 8.88. The minimum Gasteiger partial charge on any atom is -0.412 e. The van der Waals surface area contributed by atoms with Crippen LogP contribution in [0.2, 0.25) is 0 Å². The SMILES string of the molecule is O.O.O.O.O=P(O)(O)O.[AlH3]. The Balaban J connectivity index is -0.00000000800. The number of rotatable bonds is 0. The van der Waals surface area contributed by atoms with E-state index in [1.165, 1.54) is 0 Å². The lowest BCUT2D eigenvalue weighted by Gasteiger charge is -1.82. The van der Waals surface area contributed by atoms with Gasteiger partial charge in [0.05, 0.1) is 0 Å². The van der Waals surface area contributed by atoms with Gasteiger partial charge >= 0.3 is 7.82 Å². The number of phosphoric acid groups is 1. The van der Waals surface area contributed by atoms with E-state index in [9.17, 15) is 0 Å². The molecule has 0 saturated heterocycles. The minimum atomic E-state index is -4.64. The lowest BCUT2D eigenvalue weighted by atomic mass is 15.8. The van der Waals surface area contributed by atoms with Crippen molar-refractivity contribution in [3.8, 4) is 0 Å². The van der Waals surface area contributed by atoms with E-state index < -0.39 is 7.82 Å². The fourth-order valence-electron chi connectivity index (χ4n) is 0. The maximum atomic E-state index is 8.88. The van der Waals surface area contributed by atoms with Crippen molar-refractivity contribution in [2.45, 2.75) is 0 Å². The van der Waals surface area contributed by atoms with E-state index in [-0.39, 0.29) is 39.3 Å². The molecule has 0 aliphatic carbocycles. The Kier molecular flexibility index (Phi) is 76.2. The first-order valence-corrected chi connectivity index (χ1v) is 2.35. The van der Waals surface area contributed by atoms with Crippen molar-refractivity contribution in [2.24, 2.45) is 0 Å². The van der Waals surface area contributed by atoms with Gasteiger partial charge in [-0.2, -0.15) is 0 Å². The summed E-state index contributed by atoms with van der Waals surface area (Å²) in [4.78, 5) is 21.6. The van der Waals surface area contributed by atoms with E-state index in [1.807, 2.05) is 0 Å². The second kappa shape index (κ2) is 16.2. The van der Waals surface area contributed by atoms with Crippen molar-refractivity contribution in [3.63, 3.8) is 0 Å². The molecule has 0 bridgehead atoms. The molecule has 0 heterocycles. The first kappa shape index (κ1) is 46.9. The van der Waals surface area contributed by atoms with Gasteiger partial charge in [-0.05, 0) is 0 Å². The minimum absolute atomic E-state index is 0. The molecular weight excluding hydrogens is 186 g/mol. The van der Waals surface area contributed by atoms with Crippen LogP contribution in [0.15, 0.2) is 0 Å². The molecule has 0 radical (unpaired) electrons. The van der Waals surface area contributed by atoms with Crippen molar-refractivity contribution >= 4 is 25.2 Å². The average Bonchev–Trinajstić information content (AvgIpc) is 0.722. The molecule has 0 aromatic rings. The molecule has 0 atom stereocenters. The Hall–Kier alpha value is 0.482. The van der Waals surface area contributed by atoms with Crippen LogP contribution in [-0.2, 0) is 4.57 Å². The Labute approximate surface area is 67.1 Å². The lowest BCUT2D eigenvalue weighted by Crippen LogP contribution is -1.66. The molecule has 0 aromatic heterocycles. The number of hydrogen-bond donors (Lipinski definition) is 3. The van der Waals surface area contributed by atoms with Crippen molar-refractivity contribution in [1.29, 1.82) is 0 Å². The molecule has 0 spiro atoms. The van der Waals surface area contributed by atoms with Crippen LogP contribution in [-0.4, -0.2) is 53.9 Å². The van der Waals surface area contributed by atoms with E-state index >= 15 is 0 Å². The van der Waals surface area contributed by atoms with E-state index in [2.05, 4.69) is 0 Å². The van der Waals surface area contributed by atoms with Gasteiger partial charge in [0, 0.05) is 0 Å². The van der Waals surface area contributed by atoms with Gasteiger partial charge in [-0.1, -0.05) is 0 Å². The van der Waals surface area contributed by atoms with Crippen LogP contribution in [0, 0.1) is 0 Å². The van der Waals surface area contributed by atoms with Crippen LogP contribution in [0.1, 0.15) is 0 Å². The van der Waals surface area contributed by atoms with E-state index in [0.717, 1.165) is 0 Å². The second-order valence-electron chi connectivity index (χ2n) is 0.513. The summed E-state index contributed by atoms with van der Waals surface area (Å²) < 4.78 is 8.88. The molecule has 0 aromatic carbocycles. The van der Waals surface area contributed by atoms with Crippen LogP contribution in [0.5, 0.6) is 0 Å². The third-order valence-electron chi connectivity index (χ3n) is 0. The predicted molar refractivity (Wildman–Crippen MR) is 38.7 cm³/mol. The first-order valence-electron chi connectivity index (χ1n) is 0.783. The summed E-state index contributed by atoms with van der Waals surface area (Å²) in [5.74, 6) is 0. The molecule has 11 N–H and O–H groups in total. The molecule has 10 heavy (non-hydrogen) atoms. The fraction of sp³-hybridized carbons (Fsp3) is 0. The smallest absolute Gasteiger partial charge is 0.412 e. The van der Waals surface area contributed by atoms with Crippen molar-refractivity contribution in [1.82, 2.24) is 0 Å². The van der Waals surface area contributed by atoms with Gasteiger partial charge in [-0.25, -0.2) is 4.57 Å². The molecule has 0 amide bonds. The first-order chi connectivity index (χ1) is 2.00. The Morgan fingerprint density at radius 1 is 0.800 bits per heavy atom.